The molecule has 5 nitrogen and oxygen atoms in total. The minimum atomic E-state index is -0.393. The summed E-state index contributed by atoms with van der Waals surface area (Å²) in [4.78, 5) is 12.5. The smallest absolute Gasteiger partial charge is 0.273 e. The van der Waals surface area contributed by atoms with Crippen molar-refractivity contribution >= 4 is 27.3 Å². The van der Waals surface area contributed by atoms with E-state index in [2.05, 4.69) is 15.9 Å². The van der Waals surface area contributed by atoms with Crippen LogP contribution >= 0.6 is 15.9 Å². The van der Waals surface area contributed by atoms with Crippen molar-refractivity contribution in [1.82, 2.24) is 0 Å². The summed E-state index contributed by atoms with van der Waals surface area (Å²) in [6, 6.07) is 3.49. The number of nitrogens with zero attached hydrogens (tertiary/aromatic N) is 2. The molecule has 6 heteroatoms. The van der Waals surface area contributed by atoms with Crippen molar-refractivity contribution in [3.63, 3.8) is 0 Å². The number of nitro benzene ring substituents is 1. The van der Waals surface area contributed by atoms with Crippen LogP contribution in [-0.4, -0.2) is 29.2 Å². The van der Waals surface area contributed by atoms with Crippen LogP contribution in [0.4, 0.5) is 11.4 Å². The van der Waals surface area contributed by atoms with Gasteiger partial charge in [-0.25, -0.2) is 0 Å². The average molecular weight is 317 g/mol. The highest BCUT2D eigenvalue weighted by atomic mass is 79.9. The lowest BCUT2D eigenvalue weighted by Crippen LogP contribution is -2.33. The number of nitro groups is 1. The lowest BCUT2D eigenvalue weighted by Gasteiger charge is -2.29. The number of anilines is 1. The molecule has 100 valence electrons. The van der Waals surface area contributed by atoms with E-state index in [4.69, 9.17) is 5.11 Å². The summed E-state index contributed by atoms with van der Waals surface area (Å²) >= 11 is 3.36. The summed E-state index contributed by atoms with van der Waals surface area (Å²) in [6.07, 6.45) is 0. The van der Waals surface area contributed by atoms with Crippen LogP contribution in [-0.2, 0) is 0 Å². The normalized spacial score (nSPS) is 10.8. The fourth-order valence-corrected chi connectivity index (χ4v) is 2.40. The van der Waals surface area contributed by atoms with E-state index < -0.39 is 4.92 Å². The largest absolute Gasteiger partial charge is 0.395 e. The standard InChI is InChI=1S/C12H17BrN2O3/c1-8(2)14(4-5-16)12-6-9(3)11(15(17)18)7-10(12)13/h6-8,16H,4-5H2,1-3H3. The number of halogens is 1. The van der Waals surface area contributed by atoms with Crippen LogP contribution in [0.15, 0.2) is 16.6 Å². The zero-order chi connectivity index (χ0) is 13.9. The molecule has 0 aromatic heterocycles. The molecule has 0 aliphatic heterocycles. The van der Waals surface area contributed by atoms with E-state index in [1.807, 2.05) is 18.7 Å². The zero-order valence-corrected chi connectivity index (χ0v) is 12.3. The van der Waals surface area contributed by atoms with Gasteiger partial charge >= 0.3 is 0 Å². The predicted octanol–water partition coefficient (Wildman–Crippen LogP) is 2.87. The van der Waals surface area contributed by atoms with Gasteiger partial charge in [-0.2, -0.15) is 0 Å². The Balaban J connectivity index is 3.24. The highest BCUT2D eigenvalue weighted by molar-refractivity contribution is 9.10. The molecule has 0 spiro atoms. The van der Waals surface area contributed by atoms with Crippen LogP contribution in [0.1, 0.15) is 19.4 Å². The maximum Gasteiger partial charge on any atom is 0.273 e. The number of aliphatic hydroxyl groups excluding tert-OH is 1. The molecule has 0 aliphatic rings. The van der Waals surface area contributed by atoms with E-state index in [0.717, 1.165) is 5.69 Å². The first-order valence-electron chi connectivity index (χ1n) is 5.70. The van der Waals surface area contributed by atoms with Gasteiger partial charge in [-0.15, -0.1) is 0 Å². The van der Waals surface area contributed by atoms with Gasteiger partial charge in [0.25, 0.3) is 5.69 Å². The maximum atomic E-state index is 10.8. The van der Waals surface area contributed by atoms with Crippen molar-refractivity contribution in [2.45, 2.75) is 26.8 Å². The third kappa shape index (κ3) is 3.20. The van der Waals surface area contributed by atoms with E-state index in [9.17, 15) is 10.1 Å². The van der Waals surface area contributed by atoms with Gasteiger partial charge in [0.15, 0.2) is 0 Å². The summed E-state index contributed by atoms with van der Waals surface area (Å²) in [5, 5.41) is 19.9. The Hall–Kier alpha value is -1.14. The van der Waals surface area contributed by atoms with Crippen LogP contribution in [0.3, 0.4) is 0 Å². The van der Waals surface area contributed by atoms with E-state index in [-0.39, 0.29) is 18.3 Å². The van der Waals surface area contributed by atoms with Crippen LogP contribution in [0, 0.1) is 17.0 Å². The molecule has 1 N–H and O–H groups in total. The molecule has 18 heavy (non-hydrogen) atoms. The third-order valence-electron chi connectivity index (χ3n) is 2.74. The molecule has 1 aromatic rings. The van der Waals surface area contributed by atoms with Crippen molar-refractivity contribution in [3.05, 3.63) is 32.3 Å². The highest BCUT2D eigenvalue weighted by Crippen LogP contribution is 2.33. The van der Waals surface area contributed by atoms with Gasteiger partial charge in [0.05, 0.1) is 17.2 Å². The van der Waals surface area contributed by atoms with E-state index in [1.54, 1.807) is 13.0 Å². The molecule has 0 bridgehead atoms. The number of hydrogen-bond donors (Lipinski definition) is 1. The molecule has 0 fully saturated rings. The SMILES string of the molecule is Cc1cc(N(CCO)C(C)C)c(Br)cc1[N+](=O)[O-]. The monoisotopic (exact) mass is 316 g/mol. The van der Waals surface area contributed by atoms with E-state index in [0.29, 0.717) is 16.6 Å². The molecule has 0 atom stereocenters. The fraction of sp³-hybridized carbons (Fsp3) is 0.500. The van der Waals surface area contributed by atoms with Crippen LogP contribution in [0.2, 0.25) is 0 Å². The Bertz CT molecular complexity index is 449. The van der Waals surface area contributed by atoms with Crippen LogP contribution in [0.25, 0.3) is 0 Å². The number of benzene rings is 1. The van der Waals surface area contributed by atoms with Gasteiger partial charge in [0, 0.05) is 28.7 Å². The second-order valence-corrected chi connectivity index (χ2v) is 5.21. The molecular weight excluding hydrogens is 300 g/mol. The quantitative estimate of drug-likeness (QED) is 0.670. The molecule has 0 amide bonds. The van der Waals surface area contributed by atoms with Crippen LogP contribution < -0.4 is 4.90 Å². The molecule has 0 radical (unpaired) electrons. The van der Waals surface area contributed by atoms with Crippen molar-refractivity contribution in [2.75, 3.05) is 18.1 Å². The topological polar surface area (TPSA) is 66.6 Å². The second-order valence-electron chi connectivity index (χ2n) is 4.36. The van der Waals surface area contributed by atoms with Gasteiger partial charge in [-0.05, 0) is 42.8 Å². The van der Waals surface area contributed by atoms with Gasteiger partial charge in [-0.3, -0.25) is 10.1 Å². The van der Waals surface area contributed by atoms with Crippen LogP contribution in [0.5, 0.6) is 0 Å². The first kappa shape index (κ1) is 14.9. The van der Waals surface area contributed by atoms with Crippen molar-refractivity contribution in [3.8, 4) is 0 Å². The number of aliphatic hydroxyl groups is 1. The van der Waals surface area contributed by atoms with E-state index in [1.165, 1.54) is 6.07 Å². The van der Waals surface area contributed by atoms with E-state index >= 15 is 0 Å². The van der Waals surface area contributed by atoms with Gasteiger partial charge in [0.1, 0.15) is 0 Å². The highest BCUT2D eigenvalue weighted by Gasteiger charge is 2.19. The summed E-state index contributed by atoms with van der Waals surface area (Å²) in [5.74, 6) is 0. The minimum Gasteiger partial charge on any atom is -0.395 e. The molecule has 1 rings (SSSR count). The lowest BCUT2D eigenvalue weighted by molar-refractivity contribution is -0.385. The Labute approximate surface area is 115 Å². The molecule has 0 heterocycles. The summed E-state index contributed by atoms with van der Waals surface area (Å²) in [7, 11) is 0. The Morgan fingerprint density at radius 3 is 2.56 bits per heavy atom. The summed E-state index contributed by atoms with van der Waals surface area (Å²) in [6.45, 7) is 6.28. The average Bonchev–Trinajstić information content (AvgIpc) is 2.28. The van der Waals surface area contributed by atoms with Gasteiger partial charge in [0.2, 0.25) is 0 Å². The first-order valence-corrected chi connectivity index (χ1v) is 6.49. The molecule has 0 aliphatic carbocycles. The predicted molar refractivity (Wildman–Crippen MR) is 75.1 cm³/mol. The fourth-order valence-electron chi connectivity index (χ4n) is 1.84. The molecule has 0 saturated heterocycles. The summed E-state index contributed by atoms with van der Waals surface area (Å²) < 4.78 is 0.668. The van der Waals surface area contributed by atoms with Crippen molar-refractivity contribution < 1.29 is 10.0 Å². The minimum absolute atomic E-state index is 0.0423. The lowest BCUT2D eigenvalue weighted by atomic mass is 10.1. The van der Waals surface area contributed by atoms with Crippen molar-refractivity contribution in [1.29, 1.82) is 0 Å². The van der Waals surface area contributed by atoms with Gasteiger partial charge in [-0.1, -0.05) is 0 Å². The Kier molecular flexibility index (Phi) is 5.10. The molecule has 0 unspecified atom stereocenters. The number of hydrogen-bond acceptors (Lipinski definition) is 4. The Morgan fingerprint density at radius 2 is 2.11 bits per heavy atom. The molecular formula is C12H17BrN2O3. The maximum absolute atomic E-state index is 10.8. The third-order valence-corrected chi connectivity index (χ3v) is 3.37. The van der Waals surface area contributed by atoms with Crippen molar-refractivity contribution in [2.24, 2.45) is 0 Å². The number of rotatable bonds is 5. The molecule has 1 aromatic carbocycles. The van der Waals surface area contributed by atoms with Gasteiger partial charge < -0.3 is 10.0 Å². The second kappa shape index (κ2) is 6.15. The first-order chi connectivity index (χ1) is 8.38. The molecule has 0 saturated carbocycles. The zero-order valence-electron chi connectivity index (χ0n) is 10.7. The Morgan fingerprint density at radius 1 is 1.50 bits per heavy atom. The number of aryl methyl sites for hydroxylation is 1. The summed E-state index contributed by atoms with van der Waals surface area (Å²) in [5.41, 5.74) is 1.57.